The number of likely N-dealkylation sites (N-methyl/N-ethyl adjacent to an activating group) is 1. The number of amides is 1. The second-order valence-corrected chi connectivity index (χ2v) is 6.12. The van der Waals surface area contributed by atoms with Crippen LogP contribution in [0.25, 0.3) is 0 Å². The van der Waals surface area contributed by atoms with E-state index >= 15 is 0 Å². The average Bonchev–Trinajstić information content (AvgIpc) is 3.04. The lowest BCUT2D eigenvalue weighted by Crippen LogP contribution is -2.40. The number of nitrogens with two attached hydrogens (primary N) is 1. The molecule has 2 rings (SSSR count). The highest BCUT2D eigenvalue weighted by Crippen LogP contribution is 2.16. The van der Waals surface area contributed by atoms with E-state index in [-0.39, 0.29) is 29.7 Å². The van der Waals surface area contributed by atoms with Gasteiger partial charge in [0.2, 0.25) is 0 Å². The zero-order chi connectivity index (χ0) is 19.1. The number of benzene rings is 1. The predicted molar refractivity (Wildman–Crippen MR) is 117 cm³/mol. The molecule has 1 aromatic carbocycles. The molecule has 0 aliphatic carbocycles. The molecule has 0 aliphatic rings. The fraction of sp³-hybridized carbons (Fsp3) is 0.368. The third-order valence-electron chi connectivity index (χ3n) is 3.79. The highest BCUT2D eigenvalue weighted by molar-refractivity contribution is 14.0. The first-order valence-electron chi connectivity index (χ1n) is 8.40. The van der Waals surface area contributed by atoms with Crippen LogP contribution in [0.3, 0.4) is 0 Å². The van der Waals surface area contributed by atoms with Gasteiger partial charge in [0.15, 0.2) is 11.7 Å². The van der Waals surface area contributed by atoms with Crippen molar-refractivity contribution in [3.8, 4) is 5.75 Å². The summed E-state index contributed by atoms with van der Waals surface area (Å²) in [5, 5.41) is 3.18. The number of carbonyl (C=O) groups is 1. The monoisotopic (exact) mass is 486 g/mol. The Hall–Kier alpha value is -2.23. The summed E-state index contributed by atoms with van der Waals surface area (Å²) in [7, 11) is 3.64. The van der Waals surface area contributed by atoms with Crippen LogP contribution in [0.5, 0.6) is 5.75 Å². The summed E-state index contributed by atoms with van der Waals surface area (Å²) in [5.41, 5.74) is 7.54. The fourth-order valence-electron chi connectivity index (χ4n) is 2.58. The quantitative estimate of drug-likeness (QED) is 0.357. The first kappa shape index (κ1) is 22.8. The molecule has 0 fully saturated rings. The number of guanidine groups is 1. The number of rotatable bonds is 7. The van der Waals surface area contributed by atoms with Gasteiger partial charge in [-0.05, 0) is 49.2 Å². The minimum atomic E-state index is -0.582. The third-order valence-corrected chi connectivity index (χ3v) is 3.79. The van der Waals surface area contributed by atoms with Crippen LogP contribution >= 0.6 is 24.0 Å². The molecule has 0 aliphatic heterocycles. The average molecular weight is 486 g/mol. The number of aliphatic imine (C=N–C) groups is 1. The standard InChI is InChI=1S/C19H26N4O3.HI/c1-13-9-14(2)11-16(10-13)25-8-7-23(4)19(21-3)22-12-15-5-6-17(26-15)18(20)24;/h5-6,9-11H,7-8,12H2,1-4H3,(H2,20,24)(H,21,22);1H. The number of ether oxygens (including phenoxy) is 1. The second-order valence-electron chi connectivity index (χ2n) is 6.12. The topological polar surface area (TPSA) is 93.1 Å². The molecular formula is C19H27IN4O3. The Morgan fingerprint density at radius 2 is 1.93 bits per heavy atom. The summed E-state index contributed by atoms with van der Waals surface area (Å²) in [6.45, 7) is 5.71. The minimum absolute atomic E-state index is 0. The van der Waals surface area contributed by atoms with E-state index in [1.54, 1.807) is 19.2 Å². The van der Waals surface area contributed by atoms with Gasteiger partial charge in [0.1, 0.15) is 18.1 Å². The van der Waals surface area contributed by atoms with Crippen molar-refractivity contribution < 1.29 is 13.9 Å². The van der Waals surface area contributed by atoms with Crippen molar-refractivity contribution in [3.05, 3.63) is 53.0 Å². The van der Waals surface area contributed by atoms with E-state index in [9.17, 15) is 4.79 Å². The van der Waals surface area contributed by atoms with Crippen LogP contribution in [-0.4, -0.2) is 44.0 Å². The summed E-state index contributed by atoms with van der Waals surface area (Å²) in [6.07, 6.45) is 0. The molecule has 1 amide bonds. The Kier molecular flexibility index (Phi) is 9.13. The first-order chi connectivity index (χ1) is 12.4. The van der Waals surface area contributed by atoms with Crippen molar-refractivity contribution in [2.75, 3.05) is 27.2 Å². The van der Waals surface area contributed by atoms with E-state index in [1.165, 1.54) is 11.1 Å². The Bertz CT molecular complexity index is 769. The molecule has 1 aromatic heterocycles. The van der Waals surface area contributed by atoms with Gasteiger partial charge < -0.3 is 25.1 Å². The highest BCUT2D eigenvalue weighted by atomic mass is 127. The van der Waals surface area contributed by atoms with Crippen molar-refractivity contribution in [2.24, 2.45) is 10.7 Å². The molecule has 8 heteroatoms. The van der Waals surface area contributed by atoms with Gasteiger partial charge >= 0.3 is 0 Å². The number of nitrogens with one attached hydrogen (secondary N) is 1. The van der Waals surface area contributed by atoms with Gasteiger partial charge in [-0.15, -0.1) is 24.0 Å². The summed E-state index contributed by atoms with van der Waals surface area (Å²) in [4.78, 5) is 17.3. The highest BCUT2D eigenvalue weighted by Gasteiger charge is 2.10. The van der Waals surface area contributed by atoms with E-state index in [1.807, 2.05) is 24.1 Å². The molecule has 0 spiro atoms. The van der Waals surface area contributed by atoms with Crippen LogP contribution in [0, 0.1) is 13.8 Å². The molecule has 0 saturated carbocycles. The number of aryl methyl sites for hydroxylation is 2. The van der Waals surface area contributed by atoms with Gasteiger partial charge in [-0.3, -0.25) is 9.79 Å². The zero-order valence-corrected chi connectivity index (χ0v) is 18.4. The predicted octanol–water partition coefficient (Wildman–Crippen LogP) is 2.70. The Morgan fingerprint density at radius 3 is 2.48 bits per heavy atom. The SMILES string of the molecule is CN=C(NCc1ccc(C(N)=O)o1)N(C)CCOc1cc(C)cc(C)c1.I. The molecule has 0 bridgehead atoms. The van der Waals surface area contributed by atoms with Crippen molar-refractivity contribution in [2.45, 2.75) is 20.4 Å². The number of nitrogens with zero attached hydrogens (tertiary/aromatic N) is 2. The van der Waals surface area contributed by atoms with E-state index in [0.29, 0.717) is 31.4 Å². The lowest BCUT2D eigenvalue weighted by molar-refractivity contribution is 0.0972. The summed E-state index contributed by atoms with van der Waals surface area (Å²) in [6, 6.07) is 9.43. The van der Waals surface area contributed by atoms with Gasteiger partial charge in [-0.1, -0.05) is 6.07 Å². The minimum Gasteiger partial charge on any atom is -0.492 e. The van der Waals surface area contributed by atoms with E-state index in [4.69, 9.17) is 14.9 Å². The molecule has 1 heterocycles. The van der Waals surface area contributed by atoms with Crippen LogP contribution in [0.2, 0.25) is 0 Å². The zero-order valence-electron chi connectivity index (χ0n) is 16.1. The van der Waals surface area contributed by atoms with Crippen LogP contribution in [0.15, 0.2) is 39.7 Å². The van der Waals surface area contributed by atoms with E-state index < -0.39 is 5.91 Å². The number of furan rings is 1. The Labute approximate surface area is 177 Å². The molecule has 27 heavy (non-hydrogen) atoms. The molecule has 148 valence electrons. The van der Waals surface area contributed by atoms with Crippen molar-refractivity contribution in [1.82, 2.24) is 10.2 Å². The Morgan fingerprint density at radius 1 is 1.26 bits per heavy atom. The van der Waals surface area contributed by atoms with Gasteiger partial charge in [0, 0.05) is 14.1 Å². The van der Waals surface area contributed by atoms with Crippen LogP contribution < -0.4 is 15.8 Å². The lowest BCUT2D eigenvalue weighted by atomic mass is 10.1. The number of carbonyl (C=O) groups excluding carboxylic acids is 1. The third kappa shape index (κ3) is 7.12. The fourth-order valence-corrected chi connectivity index (χ4v) is 2.58. The first-order valence-corrected chi connectivity index (χ1v) is 8.40. The van der Waals surface area contributed by atoms with E-state index in [0.717, 1.165) is 5.75 Å². The van der Waals surface area contributed by atoms with Crippen molar-refractivity contribution in [1.29, 1.82) is 0 Å². The second kappa shape index (κ2) is 10.8. The smallest absolute Gasteiger partial charge is 0.284 e. The van der Waals surface area contributed by atoms with Crippen molar-refractivity contribution >= 4 is 35.8 Å². The molecule has 2 aromatic rings. The Balaban J connectivity index is 0.00000364. The van der Waals surface area contributed by atoms with E-state index in [2.05, 4.69) is 30.2 Å². The molecule has 7 nitrogen and oxygen atoms in total. The number of primary amides is 1. The molecule has 0 radical (unpaired) electrons. The number of halogens is 1. The van der Waals surface area contributed by atoms with Gasteiger partial charge in [0.05, 0.1) is 13.1 Å². The maximum Gasteiger partial charge on any atom is 0.284 e. The lowest BCUT2D eigenvalue weighted by Gasteiger charge is -2.22. The maximum atomic E-state index is 11.1. The number of hydrogen-bond donors (Lipinski definition) is 2. The summed E-state index contributed by atoms with van der Waals surface area (Å²) in [5.74, 6) is 1.74. The molecule has 3 N–H and O–H groups in total. The molecule has 0 atom stereocenters. The maximum absolute atomic E-state index is 11.1. The number of hydrogen-bond acceptors (Lipinski definition) is 4. The van der Waals surface area contributed by atoms with Crippen LogP contribution in [-0.2, 0) is 6.54 Å². The summed E-state index contributed by atoms with van der Waals surface area (Å²) >= 11 is 0. The van der Waals surface area contributed by atoms with Gasteiger partial charge in [0.25, 0.3) is 5.91 Å². The largest absolute Gasteiger partial charge is 0.492 e. The van der Waals surface area contributed by atoms with Crippen molar-refractivity contribution in [3.63, 3.8) is 0 Å². The summed E-state index contributed by atoms with van der Waals surface area (Å²) < 4.78 is 11.2. The molecule has 0 unspecified atom stereocenters. The van der Waals surface area contributed by atoms with Gasteiger partial charge in [-0.25, -0.2) is 0 Å². The molecular weight excluding hydrogens is 459 g/mol. The van der Waals surface area contributed by atoms with Gasteiger partial charge in [-0.2, -0.15) is 0 Å². The van der Waals surface area contributed by atoms with Crippen LogP contribution in [0.4, 0.5) is 0 Å². The van der Waals surface area contributed by atoms with Crippen LogP contribution in [0.1, 0.15) is 27.4 Å². The normalized spacial score (nSPS) is 10.9. The molecule has 0 saturated heterocycles.